The number of ether oxygens (including phenoxy) is 1. The van der Waals surface area contributed by atoms with Crippen LogP contribution >= 0.6 is 0 Å². The first kappa shape index (κ1) is 10.8. The zero-order chi connectivity index (χ0) is 10.1. The monoisotopic (exact) mass is 193 g/mol. The van der Waals surface area contributed by atoms with Crippen LogP contribution in [0.15, 0.2) is 0 Å². The molecule has 78 valence electrons. The molecule has 1 rings (SSSR count). The number of nitrogens with one attached hydrogen (secondary N) is 1. The van der Waals surface area contributed by atoms with Crippen molar-refractivity contribution in [3.05, 3.63) is 0 Å². The maximum absolute atomic E-state index is 9.61. The van der Waals surface area contributed by atoms with E-state index >= 15 is 0 Å². The maximum Gasteiger partial charge on any atom is 0.200 e. The van der Waals surface area contributed by atoms with Crippen LogP contribution in [-0.2, 0) is 4.74 Å². The van der Waals surface area contributed by atoms with Gasteiger partial charge in [0.15, 0.2) is 5.72 Å². The Kier molecular flexibility index (Phi) is 3.23. The molecule has 6 nitrogen and oxygen atoms in total. The van der Waals surface area contributed by atoms with Crippen LogP contribution < -0.4 is 5.32 Å². The van der Waals surface area contributed by atoms with Crippen molar-refractivity contribution in [2.24, 2.45) is 0 Å². The van der Waals surface area contributed by atoms with Crippen LogP contribution in [-0.4, -0.2) is 58.3 Å². The average molecular weight is 193 g/mol. The van der Waals surface area contributed by atoms with Crippen molar-refractivity contribution in [2.75, 3.05) is 13.7 Å². The number of likely N-dealkylation sites (N-methyl/N-ethyl adjacent to an activating group) is 1. The van der Waals surface area contributed by atoms with Crippen LogP contribution in [0.1, 0.15) is 6.42 Å². The van der Waals surface area contributed by atoms with Gasteiger partial charge in [0.25, 0.3) is 0 Å². The Hall–Kier alpha value is -0.240. The summed E-state index contributed by atoms with van der Waals surface area (Å²) in [6.07, 6.45) is -3.28. The Morgan fingerprint density at radius 3 is 2.54 bits per heavy atom. The fraction of sp³-hybridized carbons (Fsp3) is 1.00. The molecule has 0 aromatic carbocycles. The molecule has 1 aliphatic rings. The van der Waals surface area contributed by atoms with Crippen LogP contribution in [0.3, 0.4) is 0 Å². The van der Waals surface area contributed by atoms with Crippen molar-refractivity contribution in [3.8, 4) is 0 Å². The second-order valence-electron chi connectivity index (χ2n) is 3.12. The van der Waals surface area contributed by atoms with Gasteiger partial charge in [0.2, 0.25) is 6.29 Å². The third-order valence-corrected chi connectivity index (χ3v) is 2.30. The van der Waals surface area contributed by atoms with Gasteiger partial charge in [0.1, 0.15) is 6.10 Å². The highest BCUT2D eigenvalue weighted by molar-refractivity contribution is 4.91. The predicted molar refractivity (Wildman–Crippen MR) is 42.6 cm³/mol. The van der Waals surface area contributed by atoms with Crippen molar-refractivity contribution in [2.45, 2.75) is 30.6 Å². The highest BCUT2D eigenvalue weighted by Crippen LogP contribution is 2.25. The number of hydrogen-bond acceptors (Lipinski definition) is 6. The fourth-order valence-electron chi connectivity index (χ4n) is 1.34. The first-order chi connectivity index (χ1) is 6.04. The number of aliphatic hydroxyl groups is 4. The van der Waals surface area contributed by atoms with Crippen molar-refractivity contribution < 1.29 is 25.2 Å². The molecule has 4 atom stereocenters. The smallest absolute Gasteiger partial charge is 0.200 e. The van der Waals surface area contributed by atoms with Crippen LogP contribution in [0.5, 0.6) is 0 Å². The third kappa shape index (κ3) is 1.83. The van der Waals surface area contributed by atoms with E-state index in [9.17, 15) is 15.3 Å². The van der Waals surface area contributed by atoms with E-state index in [1.807, 2.05) is 0 Å². The molecule has 13 heavy (non-hydrogen) atoms. The van der Waals surface area contributed by atoms with Gasteiger partial charge >= 0.3 is 0 Å². The van der Waals surface area contributed by atoms with Gasteiger partial charge in [-0.25, -0.2) is 0 Å². The highest BCUT2D eigenvalue weighted by Gasteiger charge is 2.48. The molecule has 0 radical (unpaired) electrons. The van der Waals surface area contributed by atoms with E-state index in [1.54, 1.807) is 0 Å². The molecule has 0 aliphatic carbocycles. The molecule has 1 saturated heterocycles. The summed E-state index contributed by atoms with van der Waals surface area (Å²) in [5.41, 5.74) is -1.86. The first-order valence-corrected chi connectivity index (χ1v) is 4.08. The lowest BCUT2D eigenvalue weighted by Gasteiger charge is -2.42. The van der Waals surface area contributed by atoms with Crippen LogP contribution in [0.25, 0.3) is 0 Å². The Labute approximate surface area is 75.8 Å². The highest BCUT2D eigenvalue weighted by atomic mass is 16.6. The van der Waals surface area contributed by atoms with Gasteiger partial charge in [-0.05, 0) is 7.05 Å². The lowest BCUT2D eigenvalue weighted by Crippen LogP contribution is -2.66. The van der Waals surface area contributed by atoms with Gasteiger partial charge in [-0.3, -0.25) is 5.32 Å². The lowest BCUT2D eigenvalue weighted by atomic mass is 9.97. The van der Waals surface area contributed by atoms with E-state index in [1.165, 1.54) is 7.05 Å². The minimum Gasteiger partial charge on any atom is -0.394 e. The second-order valence-corrected chi connectivity index (χ2v) is 3.12. The largest absolute Gasteiger partial charge is 0.394 e. The van der Waals surface area contributed by atoms with E-state index in [-0.39, 0.29) is 13.0 Å². The van der Waals surface area contributed by atoms with Crippen molar-refractivity contribution in [3.63, 3.8) is 0 Å². The minimum atomic E-state index is -1.86. The minimum absolute atomic E-state index is 0.0743. The maximum atomic E-state index is 9.61. The van der Waals surface area contributed by atoms with Gasteiger partial charge in [-0.1, -0.05) is 0 Å². The SMILES string of the molecule is CNC1(O)C(O)CC(CO)OC1O. The first-order valence-electron chi connectivity index (χ1n) is 4.08. The summed E-state index contributed by atoms with van der Waals surface area (Å²) in [4.78, 5) is 0. The normalized spacial score (nSPS) is 46.4. The molecule has 5 N–H and O–H groups in total. The molecule has 1 aliphatic heterocycles. The molecule has 6 heteroatoms. The van der Waals surface area contributed by atoms with E-state index in [4.69, 9.17) is 9.84 Å². The molecular formula is C7H15NO5. The number of rotatable bonds is 2. The van der Waals surface area contributed by atoms with E-state index in [0.717, 1.165) is 0 Å². The molecule has 1 fully saturated rings. The summed E-state index contributed by atoms with van der Waals surface area (Å²) in [7, 11) is 1.40. The zero-order valence-electron chi connectivity index (χ0n) is 7.34. The number of aliphatic hydroxyl groups excluding tert-OH is 3. The lowest BCUT2D eigenvalue weighted by molar-refractivity contribution is -0.308. The van der Waals surface area contributed by atoms with E-state index in [0.29, 0.717) is 0 Å². The van der Waals surface area contributed by atoms with Crippen LogP contribution in [0, 0.1) is 0 Å². The summed E-state index contributed by atoms with van der Waals surface area (Å²) in [5, 5.41) is 39.4. The standard InChI is InChI=1S/C7H15NO5/c1-8-7(12)5(10)2-4(3-9)13-6(7)11/h4-6,8-12H,2-3H2,1H3. The number of hydrogen-bond donors (Lipinski definition) is 5. The zero-order valence-corrected chi connectivity index (χ0v) is 7.34. The fourth-order valence-corrected chi connectivity index (χ4v) is 1.34. The summed E-state index contributed by atoms with van der Waals surface area (Å²) >= 11 is 0. The van der Waals surface area contributed by atoms with E-state index in [2.05, 4.69) is 5.32 Å². The molecular weight excluding hydrogens is 178 g/mol. The molecule has 0 spiro atoms. The Morgan fingerprint density at radius 2 is 2.15 bits per heavy atom. The topological polar surface area (TPSA) is 102 Å². The Morgan fingerprint density at radius 1 is 1.54 bits per heavy atom. The Balaban J connectivity index is 2.70. The summed E-state index contributed by atoms with van der Waals surface area (Å²) in [5.74, 6) is 0. The molecule has 0 bridgehead atoms. The molecule has 0 aromatic rings. The van der Waals surface area contributed by atoms with E-state index < -0.39 is 24.2 Å². The molecule has 1 heterocycles. The molecule has 0 amide bonds. The van der Waals surface area contributed by atoms with Gasteiger partial charge < -0.3 is 25.2 Å². The molecule has 0 saturated carbocycles. The van der Waals surface area contributed by atoms with Crippen LogP contribution in [0.2, 0.25) is 0 Å². The Bertz CT molecular complexity index is 164. The van der Waals surface area contributed by atoms with Crippen LogP contribution in [0.4, 0.5) is 0 Å². The van der Waals surface area contributed by atoms with Crippen molar-refractivity contribution in [1.82, 2.24) is 5.32 Å². The average Bonchev–Trinajstić information content (AvgIpc) is 2.13. The molecule has 0 aromatic heterocycles. The quantitative estimate of drug-likeness (QED) is 0.307. The van der Waals surface area contributed by atoms with Crippen molar-refractivity contribution in [1.29, 1.82) is 0 Å². The third-order valence-electron chi connectivity index (χ3n) is 2.30. The summed E-state index contributed by atoms with van der Waals surface area (Å²) < 4.78 is 4.85. The molecule has 4 unspecified atom stereocenters. The van der Waals surface area contributed by atoms with Gasteiger partial charge in [-0.15, -0.1) is 0 Å². The van der Waals surface area contributed by atoms with Crippen molar-refractivity contribution >= 4 is 0 Å². The summed E-state index contributed by atoms with van der Waals surface area (Å²) in [6, 6.07) is 0. The second kappa shape index (κ2) is 3.87. The summed E-state index contributed by atoms with van der Waals surface area (Å²) in [6.45, 7) is -0.298. The van der Waals surface area contributed by atoms with Gasteiger partial charge in [0.05, 0.1) is 12.7 Å². The van der Waals surface area contributed by atoms with Gasteiger partial charge in [-0.2, -0.15) is 0 Å². The van der Waals surface area contributed by atoms with Gasteiger partial charge in [0, 0.05) is 6.42 Å². The predicted octanol–water partition coefficient (Wildman–Crippen LogP) is -2.65.